The Morgan fingerprint density at radius 2 is 1.73 bits per heavy atom. The monoisotopic (exact) mass is 368 g/mol. The Morgan fingerprint density at radius 3 is 2.23 bits per heavy atom. The van der Waals surface area contributed by atoms with E-state index in [1.165, 1.54) is 35.7 Å². The van der Waals surface area contributed by atoms with Crippen molar-refractivity contribution >= 4 is 5.82 Å². The average molecular weight is 368 g/mol. The second-order valence-corrected chi connectivity index (χ2v) is 5.56. The SMILES string of the molecule is CN(Cc1ccc(OC(F)(F)F)cc1)c1c(C#N)c(=O)n(C)c(=O)n1C. The second kappa shape index (κ2) is 6.95. The Hall–Kier alpha value is -3.22. The highest BCUT2D eigenvalue weighted by Crippen LogP contribution is 2.23. The molecule has 2 rings (SSSR count). The van der Waals surface area contributed by atoms with E-state index in [0.29, 0.717) is 5.56 Å². The topological polar surface area (TPSA) is 80.3 Å². The molecule has 0 aliphatic carbocycles. The molecule has 26 heavy (non-hydrogen) atoms. The summed E-state index contributed by atoms with van der Waals surface area (Å²) in [4.78, 5) is 25.7. The van der Waals surface area contributed by atoms with Gasteiger partial charge in [0.15, 0.2) is 5.56 Å². The number of nitriles is 1. The third kappa shape index (κ3) is 3.88. The molecular weight excluding hydrogens is 353 g/mol. The van der Waals surface area contributed by atoms with E-state index in [2.05, 4.69) is 4.74 Å². The number of rotatable bonds is 4. The van der Waals surface area contributed by atoms with Crippen LogP contribution in [0.4, 0.5) is 19.0 Å². The van der Waals surface area contributed by atoms with E-state index in [0.717, 1.165) is 16.7 Å². The number of aromatic nitrogens is 2. The van der Waals surface area contributed by atoms with Crippen molar-refractivity contribution in [2.45, 2.75) is 12.9 Å². The standard InChI is InChI=1S/C16H15F3N4O3/c1-21(9-10-4-6-11(7-5-10)26-16(17,18)19)13-12(8-20)14(24)23(3)15(25)22(13)2/h4-7H,9H2,1-3H3. The summed E-state index contributed by atoms with van der Waals surface area (Å²) in [6.07, 6.45) is -4.78. The Bertz CT molecular complexity index is 969. The molecule has 0 atom stereocenters. The number of alkyl halides is 3. The number of nitrogens with zero attached hydrogens (tertiary/aromatic N) is 4. The van der Waals surface area contributed by atoms with Gasteiger partial charge in [0.2, 0.25) is 0 Å². The summed E-state index contributed by atoms with van der Waals surface area (Å²) < 4.78 is 42.4. The van der Waals surface area contributed by atoms with Crippen LogP contribution < -0.4 is 20.9 Å². The van der Waals surface area contributed by atoms with E-state index in [9.17, 15) is 28.0 Å². The minimum atomic E-state index is -4.78. The lowest BCUT2D eigenvalue weighted by atomic mass is 10.2. The van der Waals surface area contributed by atoms with Crippen molar-refractivity contribution in [3.63, 3.8) is 0 Å². The van der Waals surface area contributed by atoms with Crippen LogP contribution in [0.3, 0.4) is 0 Å². The second-order valence-electron chi connectivity index (χ2n) is 5.56. The van der Waals surface area contributed by atoms with Gasteiger partial charge in [-0.3, -0.25) is 13.9 Å². The highest BCUT2D eigenvalue weighted by atomic mass is 19.4. The molecule has 0 aliphatic rings. The zero-order chi connectivity index (χ0) is 19.6. The molecule has 0 saturated heterocycles. The molecule has 10 heteroatoms. The van der Waals surface area contributed by atoms with Crippen molar-refractivity contribution < 1.29 is 17.9 Å². The van der Waals surface area contributed by atoms with Crippen LogP contribution in [0.5, 0.6) is 5.75 Å². The molecule has 1 aromatic heterocycles. The van der Waals surface area contributed by atoms with Crippen LogP contribution in [0.15, 0.2) is 33.9 Å². The number of ether oxygens (including phenoxy) is 1. The smallest absolute Gasteiger partial charge is 0.406 e. The highest BCUT2D eigenvalue weighted by Gasteiger charge is 2.31. The van der Waals surface area contributed by atoms with Gasteiger partial charge in [0.1, 0.15) is 17.6 Å². The molecular formula is C16H15F3N4O3. The lowest BCUT2D eigenvalue weighted by Crippen LogP contribution is -2.41. The van der Waals surface area contributed by atoms with Crippen LogP contribution in [0.1, 0.15) is 11.1 Å². The summed E-state index contributed by atoms with van der Waals surface area (Å²) in [6.45, 7) is 0.154. The quantitative estimate of drug-likeness (QED) is 0.817. The van der Waals surface area contributed by atoms with Gasteiger partial charge in [-0.05, 0) is 17.7 Å². The fourth-order valence-electron chi connectivity index (χ4n) is 2.52. The Morgan fingerprint density at radius 1 is 1.15 bits per heavy atom. The van der Waals surface area contributed by atoms with E-state index in [1.54, 1.807) is 13.1 Å². The van der Waals surface area contributed by atoms with Gasteiger partial charge in [0.25, 0.3) is 5.56 Å². The number of benzene rings is 1. The van der Waals surface area contributed by atoms with Gasteiger partial charge >= 0.3 is 12.1 Å². The first-order valence-corrected chi connectivity index (χ1v) is 7.31. The maximum atomic E-state index is 12.2. The molecule has 0 unspecified atom stereocenters. The number of halogens is 3. The average Bonchev–Trinajstić information content (AvgIpc) is 2.56. The molecule has 0 saturated carbocycles. The maximum absolute atomic E-state index is 12.2. The van der Waals surface area contributed by atoms with Crippen molar-refractivity contribution in [3.05, 3.63) is 56.2 Å². The van der Waals surface area contributed by atoms with Crippen LogP contribution in [0, 0.1) is 11.3 Å². The van der Waals surface area contributed by atoms with Crippen LogP contribution in [-0.2, 0) is 20.6 Å². The van der Waals surface area contributed by atoms with Gasteiger partial charge in [-0.1, -0.05) is 12.1 Å². The Labute approximate surface area is 146 Å². The minimum Gasteiger partial charge on any atom is -0.406 e. The van der Waals surface area contributed by atoms with Crippen LogP contribution in [0.25, 0.3) is 0 Å². The third-order valence-electron chi connectivity index (χ3n) is 3.68. The Balaban J connectivity index is 2.34. The van der Waals surface area contributed by atoms with Crippen molar-refractivity contribution in [2.75, 3.05) is 11.9 Å². The minimum absolute atomic E-state index is 0.121. The summed E-state index contributed by atoms with van der Waals surface area (Å²) in [5.74, 6) is -0.237. The predicted octanol–water partition coefficient (Wildman–Crippen LogP) is 1.49. The van der Waals surface area contributed by atoms with E-state index in [4.69, 9.17) is 0 Å². The molecule has 0 bridgehead atoms. The van der Waals surface area contributed by atoms with Crippen LogP contribution >= 0.6 is 0 Å². The van der Waals surface area contributed by atoms with E-state index in [-0.39, 0.29) is 23.7 Å². The van der Waals surface area contributed by atoms with Crippen LogP contribution in [0.2, 0.25) is 0 Å². The zero-order valence-electron chi connectivity index (χ0n) is 14.2. The highest BCUT2D eigenvalue weighted by molar-refractivity contribution is 5.53. The van der Waals surface area contributed by atoms with E-state index >= 15 is 0 Å². The molecule has 0 amide bonds. The van der Waals surface area contributed by atoms with Gasteiger partial charge in [-0.15, -0.1) is 13.2 Å². The van der Waals surface area contributed by atoms with Gasteiger partial charge in [-0.2, -0.15) is 5.26 Å². The fraction of sp³-hybridized carbons (Fsp3) is 0.312. The molecule has 138 valence electrons. The summed E-state index contributed by atoms with van der Waals surface area (Å²) in [5.41, 5.74) is -0.913. The molecule has 2 aromatic rings. The number of hydrogen-bond acceptors (Lipinski definition) is 5. The van der Waals surface area contributed by atoms with Gasteiger partial charge in [0.05, 0.1) is 0 Å². The predicted molar refractivity (Wildman–Crippen MR) is 86.9 cm³/mol. The molecule has 1 aromatic carbocycles. The first-order valence-electron chi connectivity index (χ1n) is 7.31. The van der Waals surface area contributed by atoms with Crippen molar-refractivity contribution in [3.8, 4) is 11.8 Å². The van der Waals surface area contributed by atoms with Crippen molar-refractivity contribution in [2.24, 2.45) is 14.1 Å². The first kappa shape index (κ1) is 19.1. The van der Waals surface area contributed by atoms with E-state index < -0.39 is 17.6 Å². The third-order valence-corrected chi connectivity index (χ3v) is 3.68. The lowest BCUT2D eigenvalue weighted by molar-refractivity contribution is -0.274. The van der Waals surface area contributed by atoms with Gasteiger partial charge in [0, 0.05) is 27.7 Å². The van der Waals surface area contributed by atoms with Gasteiger partial charge in [-0.25, -0.2) is 4.79 Å². The summed E-state index contributed by atoms with van der Waals surface area (Å²) in [6, 6.07) is 6.95. The molecule has 0 N–H and O–H groups in total. The maximum Gasteiger partial charge on any atom is 0.573 e. The lowest BCUT2D eigenvalue weighted by Gasteiger charge is -2.23. The zero-order valence-corrected chi connectivity index (χ0v) is 14.2. The largest absolute Gasteiger partial charge is 0.573 e. The van der Waals surface area contributed by atoms with E-state index in [1.807, 2.05) is 0 Å². The molecule has 0 radical (unpaired) electrons. The molecule has 0 aliphatic heterocycles. The summed E-state index contributed by atoms with van der Waals surface area (Å²) in [7, 11) is 4.26. The number of anilines is 1. The summed E-state index contributed by atoms with van der Waals surface area (Å²) in [5, 5.41) is 9.27. The van der Waals surface area contributed by atoms with Crippen LogP contribution in [-0.4, -0.2) is 22.5 Å². The first-order chi connectivity index (χ1) is 12.0. The van der Waals surface area contributed by atoms with Crippen molar-refractivity contribution in [1.29, 1.82) is 5.26 Å². The fourth-order valence-corrected chi connectivity index (χ4v) is 2.52. The van der Waals surface area contributed by atoms with Gasteiger partial charge < -0.3 is 9.64 Å². The molecule has 0 spiro atoms. The molecule has 7 nitrogen and oxygen atoms in total. The van der Waals surface area contributed by atoms with Crippen molar-refractivity contribution in [1.82, 2.24) is 9.13 Å². The number of hydrogen-bond donors (Lipinski definition) is 0. The normalized spacial score (nSPS) is 11.1. The molecule has 0 fully saturated rings. The summed E-state index contributed by atoms with van der Waals surface area (Å²) >= 11 is 0. The Kier molecular flexibility index (Phi) is 5.11. The molecule has 1 heterocycles.